The van der Waals surface area contributed by atoms with Crippen LogP contribution in [0.2, 0.25) is 0 Å². The molecule has 0 atom stereocenters. The van der Waals surface area contributed by atoms with E-state index >= 15 is 0 Å². The fourth-order valence-corrected chi connectivity index (χ4v) is 1.52. The summed E-state index contributed by atoms with van der Waals surface area (Å²) in [4.78, 5) is 0. The normalized spacial score (nSPS) is 10.5. The number of aromatic nitrogens is 2. The topological polar surface area (TPSA) is 38.0 Å². The Kier molecular flexibility index (Phi) is 3.32. The summed E-state index contributed by atoms with van der Waals surface area (Å²) in [6, 6.07) is 0. The van der Waals surface area contributed by atoms with Gasteiger partial charge in [0.25, 0.3) is 0 Å². The zero-order valence-corrected chi connectivity index (χ0v) is 8.58. The molecule has 0 saturated heterocycles. The lowest BCUT2D eigenvalue weighted by Crippen LogP contribution is -2.04. The van der Waals surface area contributed by atoms with Gasteiger partial charge in [0, 0.05) is 6.54 Å². The van der Waals surface area contributed by atoms with E-state index in [1.807, 2.05) is 4.68 Å². The number of hydrogen-bond acceptors (Lipinski definition) is 2. The molecule has 62 valence electrons. The molecule has 1 aromatic heterocycles. The fraction of sp³-hybridized carbons (Fsp3) is 0.571. The SMILES string of the molecule is CCCn1ncc(I)c1CO. The fourth-order valence-electron chi connectivity index (χ4n) is 0.950. The summed E-state index contributed by atoms with van der Waals surface area (Å²) < 4.78 is 2.89. The van der Waals surface area contributed by atoms with Crippen LogP contribution in [0.15, 0.2) is 6.20 Å². The van der Waals surface area contributed by atoms with Crippen LogP contribution >= 0.6 is 22.6 Å². The van der Waals surface area contributed by atoms with Gasteiger partial charge in [-0.1, -0.05) is 6.92 Å². The molecule has 0 bridgehead atoms. The Bertz CT molecular complexity index is 234. The molecule has 0 aromatic carbocycles. The van der Waals surface area contributed by atoms with Crippen molar-refractivity contribution in [2.45, 2.75) is 26.5 Å². The van der Waals surface area contributed by atoms with Gasteiger partial charge < -0.3 is 5.11 Å². The van der Waals surface area contributed by atoms with E-state index in [0.717, 1.165) is 22.2 Å². The summed E-state index contributed by atoms with van der Waals surface area (Å²) in [5.41, 5.74) is 0.924. The number of rotatable bonds is 3. The lowest BCUT2D eigenvalue weighted by molar-refractivity contribution is 0.266. The highest BCUT2D eigenvalue weighted by atomic mass is 127. The first kappa shape index (κ1) is 8.99. The van der Waals surface area contributed by atoms with Gasteiger partial charge in [-0.25, -0.2) is 0 Å². The monoisotopic (exact) mass is 266 g/mol. The molecule has 0 radical (unpaired) electrons. The molecule has 1 heterocycles. The number of aliphatic hydroxyl groups is 1. The van der Waals surface area contributed by atoms with Gasteiger partial charge in [0.15, 0.2) is 0 Å². The average molecular weight is 266 g/mol. The van der Waals surface area contributed by atoms with Crippen LogP contribution in [0.4, 0.5) is 0 Å². The third-order valence-electron chi connectivity index (χ3n) is 1.48. The van der Waals surface area contributed by atoms with Crippen molar-refractivity contribution in [2.75, 3.05) is 0 Å². The van der Waals surface area contributed by atoms with Crippen LogP contribution in [0.5, 0.6) is 0 Å². The summed E-state index contributed by atoms with van der Waals surface area (Å²) in [6.45, 7) is 3.06. The molecule has 0 spiro atoms. The van der Waals surface area contributed by atoms with Crippen LogP contribution in [0, 0.1) is 3.57 Å². The minimum Gasteiger partial charge on any atom is -0.390 e. The van der Waals surface area contributed by atoms with Crippen molar-refractivity contribution in [3.8, 4) is 0 Å². The third-order valence-corrected chi connectivity index (χ3v) is 2.38. The predicted molar refractivity (Wildman–Crippen MR) is 51.2 cm³/mol. The molecular formula is C7H11IN2O. The van der Waals surface area contributed by atoms with Gasteiger partial charge >= 0.3 is 0 Å². The molecule has 1 N–H and O–H groups in total. The smallest absolute Gasteiger partial charge is 0.0860 e. The van der Waals surface area contributed by atoms with Gasteiger partial charge in [-0.2, -0.15) is 5.10 Å². The van der Waals surface area contributed by atoms with Crippen molar-refractivity contribution in [2.24, 2.45) is 0 Å². The summed E-state index contributed by atoms with van der Waals surface area (Å²) in [7, 11) is 0. The molecule has 0 amide bonds. The summed E-state index contributed by atoms with van der Waals surface area (Å²) in [5.74, 6) is 0. The molecule has 0 aliphatic carbocycles. The molecule has 4 heteroatoms. The maximum absolute atomic E-state index is 8.95. The summed E-state index contributed by atoms with van der Waals surface area (Å²) in [5, 5.41) is 13.1. The highest BCUT2D eigenvalue weighted by Gasteiger charge is 2.05. The van der Waals surface area contributed by atoms with Crippen molar-refractivity contribution in [3.05, 3.63) is 15.5 Å². The second kappa shape index (κ2) is 4.06. The number of aliphatic hydroxyl groups excluding tert-OH is 1. The van der Waals surface area contributed by atoms with E-state index in [0.29, 0.717) is 0 Å². The molecule has 11 heavy (non-hydrogen) atoms. The van der Waals surface area contributed by atoms with Crippen molar-refractivity contribution in [1.82, 2.24) is 9.78 Å². The molecule has 0 aliphatic rings. The second-order valence-electron chi connectivity index (χ2n) is 2.32. The maximum Gasteiger partial charge on any atom is 0.0860 e. The van der Waals surface area contributed by atoms with Gasteiger partial charge in [0.1, 0.15) is 0 Å². The molecule has 0 unspecified atom stereocenters. The van der Waals surface area contributed by atoms with Gasteiger partial charge in [-0.3, -0.25) is 4.68 Å². The predicted octanol–water partition coefficient (Wildman–Crippen LogP) is 1.39. The zero-order chi connectivity index (χ0) is 8.27. The van der Waals surface area contributed by atoms with E-state index in [1.165, 1.54) is 0 Å². The number of halogens is 1. The molecule has 0 aliphatic heterocycles. The minimum atomic E-state index is 0.0816. The van der Waals surface area contributed by atoms with Gasteiger partial charge in [0.2, 0.25) is 0 Å². The number of nitrogens with zero attached hydrogens (tertiary/aromatic N) is 2. The molecule has 1 rings (SSSR count). The lowest BCUT2D eigenvalue weighted by atomic mass is 10.4. The number of hydrogen-bond donors (Lipinski definition) is 1. The zero-order valence-electron chi connectivity index (χ0n) is 6.42. The Balaban J connectivity index is 2.86. The van der Waals surface area contributed by atoms with Crippen LogP contribution in [0.25, 0.3) is 0 Å². The summed E-state index contributed by atoms with van der Waals surface area (Å²) in [6.07, 6.45) is 2.83. The maximum atomic E-state index is 8.95. The first-order valence-corrected chi connectivity index (χ1v) is 4.68. The largest absolute Gasteiger partial charge is 0.390 e. The first-order chi connectivity index (χ1) is 5.29. The molecule has 1 aromatic rings. The van der Waals surface area contributed by atoms with Gasteiger partial charge in [0.05, 0.1) is 22.1 Å². The standard InChI is InChI=1S/C7H11IN2O/c1-2-3-10-7(5-11)6(8)4-9-10/h4,11H,2-3,5H2,1H3. The van der Waals surface area contributed by atoms with Crippen molar-refractivity contribution in [3.63, 3.8) is 0 Å². The third kappa shape index (κ3) is 1.93. The lowest BCUT2D eigenvalue weighted by Gasteiger charge is -2.02. The molecule has 0 fully saturated rings. The Morgan fingerprint density at radius 3 is 3.00 bits per heavy atom. The molecular weight excluding hydrogens is 255 g/mol. The molecule has 0 saturated carbocycles. The second-order valence-corrected chi connectivity index (χ2v) is 3.48. The van der Waals surface area contributed by atoms with Crippen LogP contribution in [0.3, 0.4) is 0 Å². The van der Waals surface area contributed by atoms with E-state index < -0.39 is 0 Å². The Morgan fingerprint density at radius 2 is 2.45 bits per heavy atom. The van der Waals surface area contributed by atoms with E-state index in [1.54, 1.807) is 6.20 Å². The minimum absolute atomic E-state index is 0.0816. The molecule has 3 nitrogen and oxygen atoms in total. The average Bonchev–Trinajstić information content (AvgIpc) is 2.33. The first-order valence-electron chi connectivity index (χ1n) is 3.60. The van der Waals surface area contributed by atoms with Crippen LogP contribution in [-0.2, 0) is 13.2 Å². The summed E-state index contributed by atoms with van der Waals surface area (Å²) >= 11 is 2.18. The number of aryl methyl sites for hydroxylation is 1. The quantitative estimate of drug-likeness (QED) is 0.839. The highest BCUT2D eigenvalue weighted by Crippen LogP contribution is 2.11. The van der Waals surface area contributed by atoms with Crippen molar-refractivity contribution >= 4 is 22.6 Å². The van der Waals surface area contributed by atoms with Gasteiger partial charge in [-0.05, 0) is 29.0 Å². The van der Waals surface area contributed by atoms with E-state index in [9.17, 15) is 0 Å². The van der Waals surface area contributed by atoms with Crippen molar-refractivity contribution < 1.29 is 5.11 Å². The Hall–Kier alpha value is -0.100. The Morgan fingerprint density at radius 1 is 1.73 bits per heavy atom. The van der Waals surface area contributed by atoms with Crippen molar-refractivity contribution in [1.29, 1.82) is 0 Å². The Labute approximate surface area is 79.6 Å². The van der Waals surface area contributed by atoms with Crippen LogP contribution < -0.4 is 0 Å². The van der Waals surface area contributed by atoms with E-state index in [4.69, 9.17) is 5.11 Å². The van der Waals surface area contributed by atoms with Crippen LogP contribution in [-0.4, -0.2) is 14.9 Å². The van der Waals surface area contributed by atoms with Crippen LogP contribution in [0.1, 0.15) is 19.0 Å². The highest BCUT2D eigenvalue weighted by molar-refractivity contribution is 14.1. The van der Waals surface area contributed by atoms with E-state index in [-0.39, 0.29) is 6.61 Å². The van der Waals surface area contributed by atoms with Gasteiger partial charge in [-0.15, -0.1) is 0 Å². The van der Waals surface area contributed by atoms with E-state index in [2.05, 4.69) is 34.6 Å².